The van der Waals surface area contributed by atoms with Gasteiger partial charge >= 0.3 is 0 Å². The van der Waals surface area contributed by atoms with Crippen molar-refractivity contribution in [3.63, 3.8) is 0 Å². The number of carbonyl (C=O) groups excluding carboxylic acids is 2. The number of hydrogen-bond acceptors (Lipinski definition) is 4. The summed E-state index contributed by atoms with van der Waals surface area (Å²) in [7, 11) is 0. The van der Waals surface area contributed by atoms with Crippen LogP contribution in [0.25, 0.3) is 10.2 Å². The zero-order valence-corrected chi connectivity index (χ0v) is 15.0. The molecule has 2 aromatic carbocycles. The Hall–Kier alpha value is -3.01. The highest BCUT2D eigenvalue weighted by atomic mass is 32.1. The maximum absolute atomic E-state index is 13.5. The van der Waals surface area contributed by atoms with Crippen molar-refractivity contribution >= 4 is 38.5 Å². The number of fused-ring (bicyclic) bond motifs is 1. The van der Waals surface area contributed by atoms with E-state index < -0.39 is 35.1 Å². The molecule has 0 saturated heterocycles. The first-order valence-corrected chi connectivity index (χ1v) is 8.94. The van der Waals surface area contributed by atoms with Crippen LogP contribution in [0.2, 0.25) is 0 Å². The summed E-state index contributed by atoms with van der Waals surface area (Å²) >= 11 is 1.00. The molecule has 146 valence electrons. The summed E-state index contributed by atoms with van der Waals surface area (Å²) in [5, 5.41) is 5.15. The lowest BCUT2D eigenvalue weighted by Gasteiger charge is -2.06. The molecule has 0 spiro atoms. The Morgan fingerprint density at radius 3 is 2.50 bits per heavy atom. The zero-order valence-electron chi connectivity index (χ0n) is 14.2. The topological polar surface area (TPSA) is 71.1 Å². The Labute approximate surface area is 160 Å². The number of benzene rings is 2. The monoisotopic (exact) mass is 411 g/mol. The van der Waals surface area contributed by atoms with E-state index in [1.807, 2.05) is 0 Å². The molecule has 1 heterocycles. The van der Waals surface area contributed by atoms with E-state index in [4.69, 9.17) is 0 Å². The predicted octanol–water partition coefficient (Wildman–Crippen LogP) is 4.00. The molecule has 2 amide bonds. The fourth-order valence-electron chi connectivity index (χ4n) is 2.38. The van der Waals surface area contributed by atoms with Crippen LogP contribution in [0, 0.1) is 23.3 Å². The molecule has 0 unspecified atom stereocenters. The highest BCUT2D eigenvalue weighted by Gasteiger charge is 2.13. The lowest BCUT2D eigenvalue weighted by molar-refractivity contribution is -0.116. The standard InChI is InChI=1S/C18H13F4N3O2S/c19-9-3-4-10(11(20)6-9)17(27)23-5-1-2-16(26)25-18-24-14-7-12(21)13(22)8-15(14)28-18/h3-4,6-8H,1-2,5H2,(H,23,27)(H,24,25,26). The summed E-state index contributed by atoms with van der Waals surface area (Å²) in [4.78, 5) is 27.8. The Bertz CT molecular complexity index is 1020. The molecular formula is C18H13F4N3O2S. The van der Waals surface area contributed by atoms with Crippen molar-refractivity contribution in [1.82, 2.24) is 10.3 Å². The molecule has 0 aliphatic heterocycles. The van der Waals surface area contributed by atoms with E-state index in [0.29, 0.717) is 10.8 Å². The van der Waals surface area contributed by atoms with Gasteiger partial charge in [0.2, 0.25) is 5.91 Å². The van der Waals surface area contributed by atoms with Crippen LogP contribution in [-0.2, 0) is 4.79 Å². The number of halogens is 4. The van der Waals surface area contributed by atoms with Crippen LogP contribution in [0.3, 0.4) is 0 Å². The van der Waals surface area contributed by atoms with Gasteiger partial charge in [-0.25, -0.2) is 22.5 Å². The van der Waals surface area contributed by atoms with E-state index in [1.165, 1.54) is 0 Å². The molecule has 0 saturated carbocycles. The number of anilines is 1. The van der Waals surface area contributed by atoms with Crippen molar-refractivity contribution in [1.29, 1.82) is 0 Å². The van der Waals surface area contributed by atoms with Gasteiger partial charge in [-0.05, 0) is 24.6 Å². The minimum Gasteiger partial charge on any atom is -0.352 e. The van der Waals surface area contributed by atoms with Crippen molar-refractivity contribution in [3.8, 4) is 0 Å². The highest BCUT2D eigenvalue weighted by molar-refractivity contribution is 7.22. The van der Waals surface area contributed by atoms with Gasteiger partial charge in [0.1, 0.15) is 11.6 Å². The number of nitrogens with zero attached hydrogens (tertiary/aromatic N) is 1. The van der Waals surface area contributed by atoms with Gasteiger partial charge < -0.3 is 10.6 Å². The number of aromatic nitrogens is 1. The van der Waals surface area contributed by atoms with Gasteiger partial charge in [-0.15, -0.1) is 0 Å². The molecule has 0 aliphatic carbocycles. The van der Waals surface area contributed by atoms with E-state index in [-0.39, 0.29) is 35.6 Å². The summed E-state index contributed by atoms with van der Waals surface area (Å²) in [6, 6.07) is 4.56. The average Bonchev–Trinajstić information content (AvgIpc) is 2.99. The number of hydrogen-bond donors (Lipinski definition) is 2. The third-order valence-corrected chi connectivity index (χ3v) is 4.65. The molecule has 0 bridgehead atoms. The number of nitrogens with one attached hydrogen (secondary N) is 2. The SMILES string of the molecule is O=C(CCCNC(=O)c1ccc(F)cc1F)Nc1nc2cc(F)c(F)cc2s1. The molecule has 2 N–H and O–H groups in total. The molecule has 3 rings (SSSR count). The molecule has 28 heavy (non-hydrogen) atoms. The predicted molar refractivity (Wildman–Crippen MR) is 96.1 cm³/mol. The Morgan fingerprint density at radius 1 is 1.00 bits per heavy atom. The van der Waals surface area contributed by atoms with Gasteiger partial charge in [0.05, 0.1) is 15.8 Å². The smallest absolute Gasteiger partial charge is 0.254 e. The summed E-state index contributed by atoms with van der Waals surface area (Å²) < 4.78 is 53.1. The van der Waals surface area contributed by atoms with E-state index in [0.717, 1.165) is 35.6 Å². The lowest BCUT2D eigenvalue weighted by atomic mass is 10.2. The third kappa shape index (κ3) is 4.63. The minimum atomic E-state index is -1.02. The number of thiazole rings is 1. The zero-order chi connectivity index (χ0) is 20.3. The first-order valence-electron chi connectivity index (χ1n) is 8.12. The molecule has 0 aliphatic rings. The second-order valence-electron chi connectivity index (χ2n) is 5.78. The first kappa shape index (κ1) is 19.7. The Morgan fingerprint density at radius 2 is 1.75 bits per heavy atom. The molecule has 0 radical (unpaired) electrons. The second kappa shape index (κ2) is 8.34. The van der Waals surface area contributed by atoms with Crippen molar-refractivity contribution in [2.75, 3.05) is 11.9 Å². The maximum atomic E-state index is 13.5. The van der Waals surface area contributed by atoms with E-state index in [9.17, 15) is 27.2 Å². The summed E-state index contributed by atoms with van der Waals surface area (Å²) in [6.07, 6.45) is 0.291. The van der Waals surface area contributed by atoms with E-state index >= 15 is 0 Å². The van der Waals surface area contributed by atoms with Crippen LogP contribution in [-0.4, -0.2) is 23.3 Å². The van der Waals surface area contributed by atoms with Gasteiger partial charge in [0.25, 0.3) is 5.91 Å². The fourth-order valence-corrected chi connectivity index (χ4v) is 3.27. The van der Waals surface area contributed by atoms with Crippen LogP contribution in [0.1, 0.15) is 23.2 Å². The summed E-state index contributed by atoms with van der Waals surface area (Å²) in [6.45, 7) is 0.0966. The Kier molecular flexibility index (Phi) is 5.88. The Balaban J connectivity index is 1.47. The summed E-state index contributed by atoms with van der Waals surface area (Å²) in [5.74, 6) is -4.90. The highest BCUT2D eigenvalue weighted by Crippen LogP contribution is 2.27. The van der Waals surface area contributed by atoms with Crippen LogP contribution in [0.5, 0.6) is 0 Å². The van der Waals surface area contributed by atoms with Crippen molar-refractivity contribution in [2.24, 2.45) is 0 Å². The van der Waals surface area contributed by atoms with Gasteiger partial charge in [-0.3, -0.25) is 9.59 Å². The van der Waals surface area contributed by atoms with Gasteiger partial charge in [0, 0.05) is 25.1 Å². The van der Waals surface area contributed by atoms with E-state index in [2.05, 4.69) is 15.6 Å². The molecule has 0 fully saturated rings. The van der Waals surface area contributed by atoms with Crippen LogP contribution in [0.15, 0.2) is 30.3 Å². The number of amides is 2. The van der Waals surface area contributed by atoms with Crippen LogP contribution in [0.4, 0.5) is 22.7 Å². The number of carbonyl (C=O) groups is 2. The molecule has 10 heteroatoms. The maximum Gasteiger partial charge on any atom is 0.254 e. The van der Waals surface area contributed by atoms with E-state index in [1.54, 1.807) is 0 Å². The van der Waals surface area contributed by atoms with Gasteiger partial charge in [0.15, 0.2) is 16.8 Å². The minimum absolute atomic E-state index is 0.0326. The van der Waals surface area contributed by atoms with Gasteiger partial charge in [-0.2, -0.15) is 0 Å². The molecule has 0 atom stereocenters. The van der Waals surface area contributed by atoms with Crippen molar-refractivity contribution in [3.05, 3.63) is 59.2 Å². The molecule has 1 aromatic heterocycles. The quantitative estimate of drug-likeness (QED) is 0.476. The number of rotatable bonds is 6. The van der Waals surface area contributed by atoms with Crippen molar-refractivity contribution < 1.29 is 27.2 Å². The summed E-state index contributed by atoms with van der Waals surface area (Å²) in [5.41, 5.74) is -0.0624. The lowest BCUT2D eigenvalue weighted by Crippen LogP contribution is -2.26. The third-order valence-electron chi connectivity index (χ3n) is 3.72. The van der Waals surface area contributed by atoms with Crippen LogP contribution >= 0.6 is 11.3 Å². The molecule has 3 aromatic rings. The van der Waals surface area contributed by atoms with Gasteiger partial charge in [-0.1, -0.05) is 11.3 Å². The largest absolute Gasteiger partial charge is 0.352 e. The molecular weight excluding hydrogens is 398 g/mol. The average molecular weight is 411 g/mol. The normalized spacial score (nSPS) is 10.9. The molecule has 5 nitrogen and oxygen atoms in total. The first-order chi connectivity index (χ1) is 13.3. The van der Waals surface area contributed by atoms with Crippen LogP contribution < -0.4 is 10.6 Å². The van der Waals surface area contributed by atoms with Crippen molar-refractivity contribution in [2.45, 2.75) is 12.8 Å². The fraction of sp³-hybridized carbons (Fsp3) is 0.167. The second-order valence-corrected chi connectivity index (χ2v) is 6.82.